The van der Waals surface area contributed by atoms with Crippen LogP contribution >= 0.6 is 0 Å². The van der Waals surface area contributed by atoms with Gasteiger partial charge in [0.25, 0.3) is 0 Å². The summed E-state index contributed by atoms with van der Waals surface area (Å²) in [7, 11) is 0. The van der Waals surface area contributed by atoms with Crippen LogP contribution in [-0.2, 0) is 0 Å². The predicted molar refractivity (Wildman–Crippen MR) is 103 cm³/mol. The van der Waals surface area contributed by atoms with Gasteiger partial charge in [-0.1, -0.05) is 48.5 Å². The van der Waals surface area contributed by atoms with Crippen LogP contribution in [0.4, 0.5) is 11.4 Å². The summed E-state index contributed by atoms with van der Waals surface area (Å²) >= 11 is 0. The topological polar surface area (TPSA) is 27.8 Å². The maximum atomic E-state index is 3.53. The Morgan fingerprint density at radius 1 is 0.542 bits per heavy atom. The first-order valence-electron chi connectivity index (χ1n) is 8.13. The molecule has 4 aromatic carbocycles. The summed E-state index contributed by atoms with van der Waals surface area (Å²) in [6, 6.07) is 29.8. The molecule has 0 aliphatic rings. The Labute approximate surface area is 139 Å². The molecule has 0 radical (unpaired) electrons. The van der Waals surface area contributed by atoms with Crippen LogP contribution in [0.1, 0.15) is 0 Å². The third-order valence-electron chi connectivity index (χ3n) is 4.54. The Hall–Kier alpha value is -3.26. The van der Waals surface area contributed by atoms with Gasteiger partial charge in [-0.15, -0.1) is 0 Å². The van der Waals surface area contributed by atoms with E-state index in [1.54, 1.807) is 0 Å². The van der Waals surface area contributed by atoms with Gasteiger partial charge in [-0.3, -0.25) is 0 Å². The van der Waals surface area contributed by atoms with Crippen molar-refractivity contribution >= 4 is 44.0 Å². The number of rotatable bonds is 2. The second kappa shape index (κ2) is 5.14. The summed E-state index contributed by atoms with van der Waals surface area (Å²) < 4.78 is 0. The Morgan fingerprint density at radius 2 is 1.25 bits per heavy atom. The fourth-order valence-corrected chi connectivity index (χ4v) is 3.36. The maximum Gasteiger partial charge on any atom is 0.0466 e. The highest BCUT2D eigenvalue weighted by Crippen LogP contribution is 2.29. The number of hydrogen-bond donors (Lipinski definition) is 2. The Bertz CT molecular complexity index is 1180. The minimum Gasteiger partial charge on any atom is -0.355 e. The third-order valence-corrected chi connectivity index (χ3v) is 4.54. The summed E-state index contributed by atoms with van der Waals surface area (Å²) in [5, 5.41) is 8.54. The summed E-state index contributed by atoms with van der Waals surface area (Å²) in [4.78, 5) is 3.47. The lowest BCUT2D eigenvalue weighted by atomic mass is 10.1. The first kappa shape index (κ1) is 13.2. The third kappa shape index (κ3) is 2.12. The number of H-pyrrole nitrogens is 1. The van der Waals surface area contributed by atoms with Gasteiger partial charge in [0.1, 0.15) is 0 Å². The molecular weight excluding hydrogens is 292 g/mol. The van der Waals surface area contributed by atoms with Gasteiger partial charge in [-0.05, 0) is 47.2 Å². The quantitative estimate of drug-likeness (QED) is 0.398. The Morgan fingerprint density at radius 3 is 2.21 bits per heavy atom. The van der Waals surface area contributed by atoms with Crippen LogP contribution in [0, 0.1) is 0 Å². The van der Waals surface area contributed by atoms with E-state index in [1.165, 1.54) is 32.6 Å². The van der Waals surface area contributed by atoms with E-state index in [4.69, 9.17) is 0 Å². The van der Waals surface area contributed by atoms with Crippen molar-refractivity contribution in [2.75, 3.05) is 5.32 Å². The molecule has 0 saturated carbocycles. The van der Waals surface area contributed by atoms with E-state index in [-0.39, 0.29) is 0 Å². The number of hydrogen-bond acceptors (Lipinski definition) is 1. The first-order chi connectivity index (χ1) is 11.9. The van der Waals surface area contributed by atoms with E-state index in [1.807, 2.05) is 0 Å². The number of anilines is 2. The molecule has 2 N–H and O–H groups in total. The zero-order chi connectivity index (χ0) is 15.9. The largest absolute Gasteiger partial charge is 0.355 e. The lowest BCUT2D eigenvalue weighted by Gasteiger charge is -2.08. The van der Waals surface area contributed by atoms with Gasteiger partial charge in [-0.2, -0.15) is 0 Å². The lowest BCUT2D eigenvalue weighted by Crippen LogP contribution is -1.89. The van der Waals surface area contributed by atoms with Gasteiger partial charge in [0.05, 0.1) is 0 Å². The molecule has 1 heterocycles. The molecule has 0 unspecified atom stereocenters. The summed E-state index contributed by atoms with van der Waals surface area (Å²) in [5.74, 6) is 0. The molecule has 5 rings (SSSR count). The van der Waals surface area contributed by atoms with Crippen molar-refractivity contribution < 1.29 is 0 Å². The molecule has 2 nitrogen and oxygen atoms in total. The average Bonchev–Trinajstić information content (AvgIpc) is 3.00. The predicted octanol–water partition coefficient (Wildman–Crippen LogP) is 6.22. The minimum atomic E-state index is 1.10. The molecule has 114 valence electrons. The Balaban J connectivity index is 1.59. The summed E-state index contributed by atoms with van der Waals surface area (Å²) in [5.41, 5.74) is 4.55. The van der Waals surface area contributed by atoms with E-state index in [9.17, 15) is 0 Å². The molecule has 0 aliphatic carbocycles. The highest BCUT2D eigenvalue weighted by atomic mass is 14.9. The smallest absolute Gasteiger partial charge is 0.0466 e. The van der Waals surface area contributed by atoms with Crippen molar-refractivity contribution in [1.82, 2.24) is 4.98 Å². The van der Waals surface area contributed by atoms with Crippen LogP contribution < -0.4 is 5.32 Å². The molecule has 0 aliphatic heterocycles. The molecular formula is C22H16N2. The molecule has 0 spiro atoms. The second-order valence-corrected chi connectivity index (χ2v) is 6.12. The zero-order valence-corrected chi connectivity index (χ0v) is 13.1. The van der Waals surface area contributed by atoms with Crippen molar-refractivity contribution in [3.8, 4) is 0 Å². The highest BCUT2D eigenvalue weighted by molar-refractivity contribution is 6.08. The van der Waals surface area contributed by atoms with E-state index >= 15 is 0 Å². The van der Waals surface area contributed by atoms with Gasteiger partial charge in [0.2, 0.25) is 0 Å². The van der Waals surface area contributed by atoms with Crippen molar-refractivity contribution in [1.29, 1.82) is 0 Å². The number of fused-ring (bicyclic) bond motifs is 4. The fraction of sp³-hybridized carbons (Fsp3) is 0. The monoisotopic (exact) mass is 308 g/mol. The molecule has 5 aromatic rings. The number of benzene rings is 4. The Kier molecular flexibility index (Phi) is 2.83. The van der Waals surface area contributed by atoms with Gasteiger partial charge < -0.3 is 10.3 Å². The highest BCUT2D eigenvalue weighted by Gasteiger charge is 2.05. The first-order valence-corrected chi connectivity index (χ1v) is 8.13. The fourth-order valence-electron chi connectivity index (χ4n) is 3.36. The van der Waals surface area contributed by atoms with Gasteiger partial charge in [0.15, 0.2) is 0 Å². The van der Waals surface area contributed by atoms with Crippen LogP contribution in [0.2, 0.25) is 0 Å². The SMILES string of the molecule is c1ccc2cc(Nc3ccc4[nH]c5ccccc5c4c3)ccc2c1. The van der Waals surface area contributed by atoms with Gasteiger partial charge >= 0.3 is 0 Å². The average molecular weight is 308 g/mol. The van der Waals surface area contributed by atoms with Crippen molar-refractivity contribution in [3.05, 3.63) is 84.9 Å². The number of nitrogens with one attached hydrogen (secondary N) is 2. The summed E-state index contributed by atoms with van der Waals surface area (Å²) in [6.07, 6.45) is 0. The molecule has 0 bridgehead atoms. The van der Waals surface area contributed by atoms with Crippen LogP contribution in [0.15, 0.2) is 84.9 Å². The molecule has 0 atom stereocenters. The van der Waals surface area contributed by atoms with E-state index in [0.29, 0.717) is 0 Å². The van der Waals surface area contributed by atoms with Crippen LogP contribution in [0.5, 0.6) is 0 Å². The van der Waals surface area contributed by atoms with Gasteiger partial charge in [0, 0.05) is 33.2 Å². The van der Waals surface area contributed by atoms with Crippen LogP contribution in [-0.4, -0.2) is 4.98 Å². The minimum absolute atomic E-state index is 1.10. The van der Waals surface area contributed by atoms with E-state index < -0.39 is 0 Å². The number of aromatic amines is 1. The van der Waals surface area contributed by atoms with Crippen LogP contribution in [0.3, 0.4) is 0 Å². The normalized spacial score (nSPS) is 11.3. The van der Waals surface area contributed by atoms with Crippen molar-refractivity contribution in [2.24, 2.45) is 0 Å². The molecule has 0 fully saturated rings. The standard InChI is InChI=1S/C22H16N2/c1-2-6-16-13-17(10-9-15(16)5-1)23-18-11-12-22-20(14-18)19-7-3-4-8-21(19)24-22/h1-14,23-24H. The van der Waals surface area contributed by atoms with E-state index in [0.717, 1.165) is 11.4 Å². The van der Waals surface area contributed by atoms with Gasteiger partial charge in [-0.25, -0.2) is 0 Å². The molecule has 0 saturated heterocycles. The molecule has 2 heteroatoms. The zero-order valence-electron chi connectivity index (χ0n) is 13.1. The second-order valence-electron chi connectivity index (χ2n) is 6.12. The molecule has 1 aromatic heterocycles. The van der Waals surface area contributed by atoms with Crippen molar-refractivity contribution in [2.45, 2.75) is 0 Å². The molecule has 24 heavy (non-hydrogen) atoms. The number of para-hydroxylation sites is 1. The molecule has 0 amide bonds. The van der Waals surface area contributed by atoms with Crippen molar-refractivity contribution in [3.63, 3.8) is 0 Å². The van der Waals surface area contributed by atoms with Crippen LogP contribution in [0.25, 0.3) is 32.6 Å². The maximum absolute atomic E-state index is 3.53. The summed E-state index contributed by atoms with van der Waals surface area (Å²) in [6.45, 7) is 0. The number of aromatic nitrogens is 1. The lowest BCUT2D eigenvalue weighted by molar-refractivity contribution is 1.53. The van der Waals surface area contributed by atoms with E-state index in [2.05, 4.69) is 95.2 Å².